The predicted molar refractivity (Wildman–Crippen MR) is 97.8 cm³/mol. The second kappa shape index (κ2) is 6.08. The molecule has 0 aliphatic rings. The number of fused-ring (bicyclic) bond motifs is 1. The van der Waals surface area contributed by atoms with E-state index >= 15 is 0 Å². The lowest BCUT2D eigenvalue weighted by Crippen LogP contribution is -2.00. The van der Waals surface area contributed by atoms with E-state index in [1.165, 1.54) is 0 Å². The van der Waals surface area contributed by atoms with Gasteiger partial charge >= 0.3 is 0 Å². The van der Waals surface area contributed by atoms with E-state index in [1.807, 2.05) is 49.6 Å². The molecule has 0 atom stereocenters. The minimum absolute atomic E-state index is 0.730. The van der Waals surface area contributed by atoms with Gasteiger partial charge in [-0.05, 0) is 18.2 Å². The molecular formula is C20H16N4. The average Bonchev–Trinajstić information content (AvgIpc) is 2.67. The monoisotopic (exact) mass is 312 g/mol. The van der Waals surface area contributed by atoms with Crippen LogP contribution in [0.15, 0.2) is 73.2 Å². The first-order chi connectivity index (χ1) is 11.9. The van der Waals surface area contributed by atoms with Crippen LogP contribution >= 0.6 is 0 Å². The Hall–Kier alpha value is -3.27. The average molecular weight is 312 g/mol. The second-order valence-corrected chi connectivity index (χ2v) is 5.44. The summed E-state index contributed by atoms with van der Waals surface area (Å²) in [6.07, 6.45) is 5.42. The fraction of sp³-hybridized carbons (Fsp3) is 0.0500. The summed E-state index contributed by atoms with van der Waals surface area (Å²) in [6.45, 7) is 0. The third kappa shape index (κ3) is 2.38. The summed E-state index contributed by atoms with van der Waals surface area (Å²) in [5.74, 6) is 0. The van der Waals surface area contributed by atoms with Crippen LogP contribution in [-0.4, -0.2) is 22.0 Å². The summed E-state index contributed by atoms with van der Waals surface area (Å²) in [5.41, 5.74) is 5.77. The van der Waals surface area contributed by atoms with Crippen molar-refractivity contribution in [1.82, 2.24) is 15.0 Å². The van der Waals surface area contributed by atoms with E-state index in [0.29, 0.717) is 0 Å². The van der Waals surface area contributed by atoms with Crippen LogP contribution in [0.4, 0.5) is 5.69 Å². The Balaban J connectivity index is 2.13. The summed E-state index contributed by atoms with van der Waals surface area (Å²) in [7, 11) is 1.93. The number of rotatable bonds is 3. The largest absolute Gasteiger partial charge is 0.387 e. The van der Waals surface area contributed by atoms with E-state index in [4.69, 9.17) is 4.98 Å². The number of nitrogens with one attached hydrogen (secondary N) is 1. The molecule has 0 aliphatic heterocycles. The van der Waals surface area contributed by atoms with Gasteiger partial charge in [0, 0.05) is 47.7 Å². The van der Waals surface area contributed by atoms with Crippen LogP contribution in [0.25, 0.3) is 33.4 Å². The molecule has 3 heterocycles. The van der Waals surface area contributed by atoms with Gasteiger partial charge in [0.1, 0.15) is 0 Å². The first-order valence-electron chi connectivity index (χ1n) is 7.81. The van der Waals surface area contributed by atoms with Crippen LogP contribution in [-0.2, 0) is 0 Å². The minimum Gasteiger partial charge on any atom is -0.387 e. The van der Waals surface area contributed by atoms with Crippen molar-refractivity contribution in [1.29, 1.82) is 0 Å². The molecule has 0 aliphatic carbocycles. The number of nitrogens with zero attached hydrogens (tertiary/aromatic N) is 3. The van der Waals surface area contributed by atoms with Crippen LogP contribution in [0.2, 0.25) is 0 Å². The van der Waals surface area contributed by atoms with Gasteiger partial charge < -0.3 is 5.32 Å². The van der Waals surface area contributed by atoms with Crippen molar-refractivity contribution in [2.75, 3.05) is 12.4 Å². The third-order valence-electron chi connectivity index (χ3n) is 4.01. The Bertz CT molecular complexity index is 982. The molecule has 0 spiro atoms. The van der Waals surface area contributed by atoms with E-state index in [9.17, 15) is 0 Å². The standard InChI is InChI=1S/C20H16N4/c1-21-19-16-10-6-12-23-20(16)24-18(14-7-3-2-4-8-14)17(19)15-9-5-11-22-13-15/h2-13H,1H3,(H,21,23,24). The van der Waals surface area contributed by atoms with Gasteiger partial charge in [-0.1, -0.05) is 36.4 Å². The summed E-state index contributed by atoms with van der Waals surface area (Å²) in [5, 5.41) is 4.34. The van der Waals surface area contributed by atoms with Crippen molar-refractivity contribution in [3.8, 4) is 22.4 Å². The van der Waals surface area contributed by atoms with Gasteiger partial charge in [0.2, 0.25) is 0 Å². The molecule has 4 rings (SSSR count). The minimum atomic E-state index is 0.730. The van der Waals surface area contributed by atoms with E-state index < -0.39 is 0 Å². The van der Waals surface area contributed by atoms with Crippen LogP contribution in [0.1, 0.15) is 0 Å². The maximum absolute atomic E-state index is 4.85. The molecule has 4 heteroatoms. The third-order valence-corrected chi connectivity index (χ3v) is 4.01. The molecule has 0 unspecified atom stereocenters. The Morgan fingerprint density at radius 3 is 2.38 bits per heavy atom. The van der Waals surface area contributed by atoms with Crippen LogP contribution < -0.4 is 5.32 Å². The Morgan fingerprint density at radius 1 is 0.833 bits per heavy atom. The maximum Gasteiger partial charge on any atom is 0.161 e. The fourth-order valence-corrected chi connectivity index (χ4v) is 2.95. The van der Waals surface area contributed by atoms with Crippen molar-refractivity contribution in [3.05, 3.63) is 73.2 Å². The molecule has 24 heavy (non-hydrogen) atoms. The molecule has 0 bridgehead atoms. The highest BCUT2D eigenvalue weighted by Crippen LogP contribution is 2.39. The van der Waals surface area contributed by atoms with Gasteiger partial charge in [-0.25, -0.2) is 9.97 Å². The lowest BCUT2D eigenvalue weighted by molar-refractivity contribution is 1.27. The number of aromatic nitrogens is 3. The lowest BCUT2D eigenvalue weighted by atomic mass is 9.97. The zero-order valence-electron chi connectivity index (χ0n) is 13.3. The molecule has 1 aromatic carbocycles. The summed E-state index contributed by atoms with van der Waals surface area (Å²) < 4.78 is 0. The lowest BCUT2D eigenvalue weighted by Gasteiger charge is -2.16. The van der Waals surface area contributed by atoms with Crippen LogP contribution in [0.3, 0.4) is 0 Å². The molecule has 1 N–H and O–H groups in total. The maximum atomic E-state index is 4.85. The van der Waals surface area contributed by atoms with E-state index in [0.717, 1.165) is 39.1 Å². The fourth-order valence-electron chi connectivity index (χ4n) is 2.95. The second-order valence-electron chi connectivity index (χ2n) is 5.44. The molecule has 116 valence electrons. The zero-order valence-corrected chi connectivity index (χ0v) is 13.3. The smallest absolute Gasteiger partial charge is 0.161 e. The molecule has 0 amide bonds. The molecule has 0 saturated heterocycles. The quantitative estimate of drug-likeness (QED) is 0.609. The topological polar surface area (TPSA) is 50.7 Å². The highest BCUT2D eigenvalue weighted by atomic mass is 14.9. The van der Waals surface area contributed by atoms with Crippen molar-refractivity contribution >= 4 is 16.7 Å². The Morgan fingerprint density at radius 2 is 1.62 bits per heavy atom. The van der Waals surface area contributed by atoms with Crippen molar-refractivity contribution in [2.45, 2.75) is 0 Å². The summed E-state index contributed by atoms with van der Waals surface area (Å²) in [6, 6.07) is 18.1. The summed E-state index contributed by atoms with van der Waals surface area (Å²) >= 11 is 0. The van der Waals surface area contributed by atoms with E-state index in [1.54, 1.807) is 12.4 Å². The number of pyridine rings is 3. The zero-order chi connectivity index (χ0) is 16.4. The Kier molecular flexibility index (Phi) is 3.63. The van der Waals surface area contributed by atoms with Crippen LogP contribution in [0.5, 0.6) is 0 Å². The molecule has 0 fully saturated rings. The summed E-state index contributed by atoms with van der Waals surface area (Å²) in [4.78, 5) is 13.6. The van der Waals surface area contributed by atoms with Gasteiger partial charge in [0.05, 0.1) is 11.4 Å². The number of hydrogen-bond donors (Lipinski definition) is 1. The first-order valence-corrected chi connectivity index (χ1v) is 7.81. The highest BCUT2D eigenvalue weighted by molar-refractivity contribution is 6.03. The molecule has 0 saturated carbocycles. The molecule has 0 radical (unpaired) electrons. The van der Waals surface area contributed by atoms with E-state index in [2.05, 4.69) is 33.5 Å². The van der Waals surface area contributed by atoms with Gasteiger partial charge in [-0.3, -0.25) is 4.98 Å². The normalized spacial score (nSPS) is 10.7. The van der Waals surface area contributed by atoms with Gasteiger partial charge in [0.25, 0.3) is 0 Å². The number of anilines is 1. The van der Waals surface area contributed by atoms with Gasteiger partial charge in [0.15, 0.2) is 5.65 Å². The van der Waals surface area contributed by atoms with Crippen LogP contribution in [0, 0.1) is 0 Å². The first kappa shape index (κ1) is 14.3. The highest BCUT2D eigenvalue weighted by Gasteiger charge is 2.17. The molecule has 4 nitrogen and oxygen atoms in total. The number of hydrogen-bond acceptors (Lipinski definition) is 4. The van der Waals surface area contributed by atoms with Gasteiger partial charge in [-0.2, -0.15) is 0 Å². The number of benzene rings is 1. The Labute approximate surface area is 140 Å². The van der Waals surface area contributed by atoms with Crippen molar-refractivity contribution in [3.63, 3.8) is 0 Å². The van der Waals surface area contributed by atoms with Crippen molar-refractivity contribution < 1.29 is 0 Å². The van der Waals surface area contributed by atoms with Crippen molar-refractivity contribution in [2.24, 2.45) is 0 Å². The van der Waals surface area contributed by atoms with E-state index in [-0.39, 0.29) is 0 Å². The predicted octanol–water partition coefficient (Wildman–Crippen LogP) is 4.40. The molecule has 3 aromatic heterocycles. The molecular weight excluding hydrogens is 296 g/mol. The molecule has 4 aromatic rings. The SMILES string of the molecule is CNc1c(-c2cccnc2)c(-c2ccccc2)nc2ncccc12. The van der Waals surface area contributed by atoms with Gasteiger partial charge in [-0.15, -0.1) is 0 Å².